The average Bonchev–Trinajstić information content (AvgIpc) is 2.98. The summed E-state index contributed by atoms with van der Waals surface area (Å²) in [5.74, 6) is 0.0682. The van der Waals surface area contributed by atoms with E-state index in [0.29, 0.717) is 31.0 Å². The number of sulfonamides is 1. The Hall–Kier alpha value is -3.85. The number of amides is 2. The van der Waals surface area contributed by atoms with Crippen molar-refractivity contribution in [3.8, 4) is 5.75 Å². The number of unbranched alkanes of at least 4 members (excludes halogenated alkanes) is 1. The van der Waals surface area contributed by atoms with E-state index in [1.165, 1.54) is 4.31 Å². The highest BCUT2D eigenvalue weighted by Crippen LogP contribution is 2.30. The van der Waals surface area contributed by atoms with Gasteiger partial charge in [-0.3, -0.25) is 13.9 Å². The summed E-state index contributed by atoms with van der Waals surface area (Å²) in [5.41, 5.74) is 3.38. The molecule has 3 aromatic rings. The first-order chi connectivity index (χ1) is 20.7. The molecule has 0 aliphatic rings. The summed E-state index contributed by atoms with van der Waals surface area (Å²) in [7, 11) is -3.65. The molecule has 1 atom stereocenters. The lowest BCUT2D eigenvalue weighted by Gasteiger charge is -2.32. The van der Waals surface area contributed by atoms with E-state index in [1.54, 1.807) is 29.2 Å². The van der Waals surface area contributed by atoms with E-state index >= 15 is 0 Å². The number of carbonyl (C=O) groups excluding carboxylic acids is 2. The number of hydrogen-bond acceptors (Lipinski definition) is 5. The van der Waals surface area contributed by atoms with Crippen molar-refractivity contribution < 1.29 is 22.7 Å². The lowest BCUT2D eigenvalue weighted by atomic mass is 10.0. The molecule has 0 radical (unpaired) electrons. The molecule has 0 saturated carbocycles. The fourth-order valence-electron chi connectivity index (χ4n) is 4.95. The second-order valence-electron chi connectivity index (χ2n) is 10.6. The molecule has 9 heteroatoms. The van der Waals surface area contributed by atoms with Gasteiger partial charge in [0.15, 0.2) is 0 Å². The number of nitrogens with one attached hydrogen (secondary N) is 1. The summed E-state index contributed by atoms with van der Waals surface area (Å²) in [6, 6.07) is 23.8. The maximum atomic E-state index is 14.0. The molecule has 3 rings (SSSR count). The van der Waals surface area contributed by atoms with Crippen LogP contribution in [0.2, 0.25) is 0 Å². The summed E-state index contributed by atoms with van der Waals surface area (Å²) in [6.07, 6.45) is 3.65. The first kappa shape index (κ1) is 33.6. The van der Waals surface area contributed by atoms with Crippen molar-refractivity contribution in [2.45, 2.75) is 65.5 Å². The molecule has 0 aromatic heterocycles. The van der Waals surface area contributed by atoms with Crippen molar-refractivity contribution in [2.24, 2.45) is 0 Å². The Labute approximate surface area is 257 Å². The zero-order chi connectivity index (χ0) is 31.2. The Morgan fingerprint density at radius 1 is 0.907 bits per heavy atom. The van der Waals surface area contributed by atoms with Crippen LogP contribution in [-0.2, 0) is 32.6 Å². The predicted molar refractivity (Wildman–Crippen MR) is 173 cm³/mol. The SMILES string of the molecule is CCCCNC(=O)C(Cc1ccccc1)N(Cc1ccccc1C)C(=O)CCCN(c1ccccc1OCC)S(C)(=O)=O. The van der Waals surface area contributed by atoms with Gasteiger partial charge in [0.1, 0.15) is 11.8 Å². The molecule has 232 valence electrons. The van der Waals surface area contributed by atoms with Crippen LogP contribution in [0.3, 0.4) is 0 Å². The summed E-state index contributed by atoms with van der Waals surface area (Å²) < 4.78 is 32.6. The second kappa shape index (κ2) is 16.7. The Bertz CT molecular complexity index is 1430. The Kier molecular flexibility index (Phi) is 13.1. The number of rotatable bonds is 17. The van der Waals surface area contributed by atoms with E-state index in [4.69, 9.17) is 4.74 Å². The third-order valence-corrected chi connectivity index (χ3v) is 8.47. The topological polar surface area (TPSA) is 96.0 Å². The number of aryl methyl sites for hydroxylation is 1. The van der Waals surface area contributed by atoms with E-state index in [-0.39, 0.29) is 37.7 Å². The van der Waals surface area contributed by atoms with Gasteiger partial charge in [0.05, 0.1) is 18.6 Å². The number of nitrogens with zero attached hydrogens (tertiary/aromatic N) is 2. The van der Waals surface area contributed by atoms with Crippen molar-refractivity contribution >= 4 is 27.5 Å². The predicted octanol–water partition coefficient (Wildman–Crippen LogP) is 5.50. The van der Waals surface area contributed by atoms with Crippen LogP contribution in [0.5, 0.6) is 5.75 Å². The van der Waals surface area contributed by atoms with Crippen molar-refractivity contribution in [1.29, 1.82) is 0 Å². The van der Waals surface area contributed by atoms with Crippen molar-refractivity contribution in [2.75, 3.05) is 30.3 Å². The monoisotopic (exact) mass is 607 g/mol. The smallest absolute Gasteiger partial charge is 0.243 e. The maximum absolute atomic E-state index is 14.0. The molecule has 8 nitrogen and oxygen atoms in total. The normalized spacial score (nSPS) is 11.9. The molecule has 0 heterocycles. The Morgan fingerprint density at radius 3 is 2.26 bits per heavy atom. The number of para-hydroxylation sites is 2. The molecule has 2 amide bonds. The highest BCUT2D eigenvalue weighted by molar-refractivity contribution is 7.92. The lowest BCUT2D eigenvalue weighted by molar-refractivity contribution is -0.141. The number of hydrogen-bond donors (Lipinski definition) is 1. The minimum Gasteiger partial charge on any atom is -0.492 e. The minimum absolute atomic E-state index is 0.0717. The fraction of sp³-hybridized carbons (Fsp3) is 0.412. The molecular weight excluding hydrogens is 562 g/mol. The van der Waals surface area contributed by atoms with E-state index in [2.05, 4.69) is 12.2 Å². The molecule has 43 heavy (non-hydrogen) atoms. The fourth-order valence-corrected chi connectivity index (χ4v) is 5.92. The van der Waals surface area contributed by atoms with E-state index in [0.717, 1.165) is 35.8 Å². The van der Waals surface area contributed by atoms with Crippen LogP contribution in [0.1, 0.15) is 56.2 Å². The molecule has 1 N–H and O–H groups in total. The molecule has 0 aliphatic heterocycles. The molecule has 3 aromatic carbocycles. The number of anilines is 1. The molecule has 0 saturated heterocycles. The number of benzene rings is 3. The molecular formula is C34H45N3O5S. The third kappa shape index (κ3) is 10.1. The van der Waals surface area contributed by atoms with Crippen LogP contribution in [0.15, 0.2) is 78.9 Å². The maximum Gasteiger partial charge on any atom is 0.243 e. The van der Waals surface area contributed by atoms with Gasteiger partial charge >= 0.3 is 0 Å². The minimum atomic E-state index is -3.65. The van der Waals surface area contributed by atoms with Crippen molar-refractivity contribution in [1.82, 2.24) is 10.2 Å². The first-order valence-electron chi connectivity index (χ1n) is 15.0. The second-order valence-corrected chi connectivity index (χ2v) is 12.5. The number of ether oxygens (including phenoxy) is 1. The highest BCUT2D eigenvalue weighted by atomic mass is 32.2. The summed E-state index contributed by atoms with van der Waals surface area (Å²) in [5, 5.41) is 3.04. The van der Waals surface area contributed by atoms with Gasteiger partial charge in [0.25, 0.3) is 0 Å². The van der Waals surface area contributed by atoms with Gasteiger partial charge < -0.3 is 15.0 Å². The summed E-state index contributed by atoms with van der Waals surface area (Å²) in [4.78, 5) is 29.3. The van der Waals surface area contributed by atoms with Crippen LogP contribution in [-0.4, -0.2) is 57.1 Å². The van der Waals surface area contributed by atoms with Gasteiger partial charge in [-0.05, 0) is 55.5 Å². The molecule has 1 unspecified atom stereocenters. The molecule has 0 bridgehead atoms. The average molecular weight is 608 g/mol. The van der Waals surface area contributed by atoms with Gasteiger partial charge in [-0.15, -0.1) is 0 Å². The molecule has 0 fully saturated rings. The van der Waals surface area contributed by atoms with E-state index in [1.807, 2.05) is 68.4 Å². The quantitative estimate of drug-likeness (QED) is 0.205. The van der Waals surface area contributed by atoms with Gasteiger partial charge in [-0.1, -0.05) is 80.1 Å². The van der Waals surface area contributed by atoms with Crippen LogP contribution in [0.25, 0.3) is 0 Å². The number of carbonyl (C=O) groups is 2. The van der Waals surface area contributed by atoms with Gasteiger partial charge in [-0.25, -0.2) is 8.42 Å². The standard InChI is InChI=1S/C34H45N3O5S/c1-5-7-23-35-34(39)31(25-28-17-9-8-10-18-28)36(26-29-19-12-11-16-27(29)3)33(38)22-15-24-37(43(4,40)41)30-20-13-14-21-32(30)42-6-2/h8-14,16-21,31H,5-7,15,22-26H2,1-4H3,(H,35,39). The van der Waals surface area contributed by atoms with Crippen LogP contribution in [0, 0.1) is 6.92 Å². The molecule has 0 aliphatic carbocycles. The largest absolute Gasteiger partial charge is 0.492 e. The zero-order valence-corrected chi connectivity index (χ0v) is 26.6. The summed E-state index contributed by atoms with van der Waals surface area (Å²) >= 11 is 0. The third-order valence-electron chi connectivity index (χ3n) is 7.29. The zero-order valence-electron chi connectivity index (χ0n) is 25.8. The van der Waals surface area contributed by atoms with Crippen molar-refractivity contribution in [3.63, 3.8) is 0 Å². The van der Waals surface area contributed by atoms with E-state index in [9.17, 15) is 18.0 Å². The van der Waals surface area contributed by atoms with Gasteiger partial charge in [-0.2, -0.15) is 0 Å². The van der Waals surface area contributed by atoms with Crippen LogP contribution >= 0.6 is 0 Å². The lowest BCUT2D eigenvalue weighted by Crippen LogP contribution is -2.50. The van der Waals surface area contributed by atoms with Crippen LogP contribution < -0.4 is 14.4 Å². The molecule has 0 spiro atoms. The van der Waals surface area contributed by atoms with Gasteiger partial charge in [0, 0.05) is 32.5 Å². The Balaban J connectivity index is 1.89. The van der Waals surface area contributed by atoms with E-state index < -0.39 is 16.1 Å². The first-order valence-corrected chi connectivity index (χ1v) is 16.9. The Morgan fingerprint density at radius 2 is 1.58 bits per heavy atom. The van der Waals surface area contributed by atoms with Gasteiger partial charge in [0.2, 0.25) is 21.8 Å². The summed E-state index contributed by atoms with van der Waals surface area (Å²) in [6.45, 7) is 7.19. The van der Waals surface area contributed by atoms with Crippen molar-refractivity contribution in [3.05, 3.63) is 95.6 Å². The highest BCUT2D eigenvalue weighted by Gasteiger charge is 2.31. The van der Waals surface area contributed by atoms with Crippen LogP contribution in [0.4, 0.5) is 5.69 Å².